The molecular formula is C20H26N4O4. The molecule has 0 spiro atoms. The van der Waals surface area contributed by atoms with Crippen molar-refractivity contribution in [2.45, 2.75) is 39.1 Å². The average Bonchev–Trinajstić information content (AvgIpc) is 3.27. The summed E-state index contributed by atoms with van der Waals surface area (Å²) in [5.74, 6) is 2.99. The van der Waals surface area contributed by atoms with Crippen LogP contribution >= 0.6 is 0 Å². The summed E-state index contributed by atoms with van der Waals surface area (Å²) >= 11 is 0. The van der Waals surface area contributed by atoms with Gasteiger partial charge in [-0.1, -0.05) is 0 Å². The molecule has 0 saturated carbocycles. The molecule has 0 aliphatic rings. The molecule has 150 valence electrons. The predicted molar refractivity (Wildman–Crippen MR) is 103 cm³/mol. The van der Waals surface area contributed by atoms with Gasteiger partial charge in [0.25, 0.3) is 0 Å². The first-order valence-electron chi connectivity index (χ1n) is 9.18. The van der Waals surface area contributed by atoms with Gasteiger partial charge in [-0.2, -0.15) is 0 Å². The summed E-state index contributed by atoms with van der Waals surface area (Å²) in [6.45, 7) is 5.00. The van der Waals surface area contributed by atoms with E-state index in [2.05, 4.69) is 9.97 Å². The third-order valence-electron chi connectivity index (χ3n) is 4.37. The summed E-state index contributed by atoms with van der Waals surface area (Å²) < 4.78 is 15.0. The van der Waals surface area contributed by atoms with Crippen LogP contribution in [0.25, 0.3) is 0 Å². The summed E-state index contributed by atoms with van der Waals surface area (Å²) in [5.41, 5.74) is 0. The van der Waals surface area contributed by atoms with Crippen LogP contribution in [-0.4, -0.2) is 54.7 Å². The minimum atomic E-state index is -0.634. The van der Waals surface area contributed by atoms with Crippen LogP contribution in [0.3, 0.4) is 0 Å². The Kier molecular flexibility index (Phi) is 6.67. The van der Waals surface area contributed by atoms with Crippen LogP contribution in [0.4, 0.5) is 0 Å². The highest BCUT2D eigenvalue weighted by Crippen LogP contribution is 2.18. The Morgan fingerprint density at radius 2 is 1.18 bits per heavy atom. The normalized spacial score (nSPS) is 13.3. The van der Waals surface area contributed by atoms with E-state index < -0.39 is 12.2 Å². The molecule has 0 aliphatic carbocycles. The third kappa shape index (κ3) is 5.58. The van der Waals surface area contributed by atoms with Crippen LogP contribution in [0, 0.1) is 13.8 Å². The summed E-state index contributed by atoms with van der Waals surface area (Å²) in [7, 11) is 0. The molecule has 0 saturated heterocycles. The van der Waals surface area contributed by atoms with Crippen molar-refractivity contribution in [1.82, 2.24) is 19.1 Å². The molecule has 1 aromatic carbocycles. The van der Waals surface area contributed by atoms with Gasteiger partial charge in [0.1, 0.15) is 48.6 Å². The van der Waals surface area contributed by atoms with Gasteiger partial charge in [0, 0.05) is 24.8 Å². The number of aliphatic hydroxyl groups is 2. The largest absolute Gasteiger partial charge is 0.491 e. The quantitative estimate of drug-likeness (QED) is 0.549. The second-order valence-corrected chi connectivity index (χ2v) is 6.65. The lowest BCUT2D eigenvalue weighted by Gasteiger charge is -2.15. The monoisotopic (exact) mass is 386 g/mol. The molecule has 2 atom stereocenters. The first kappa shape index (κ1) is 19.9. The number of aryl methyl sites for hydroxylation is 2. The van der Waals surface area contributed by atoms with Crippen molar-refractivity contribution in [1.29, 1.82) is 0 Å². The highest BCUT2D eigenvalue weighted by molar-refractivity contribution is 5.31. The fourth-order valence-corrected chi connectivity index (χ4v) is 2.77. The molecule has 3 aromatic rings. The molecule has 8 heteroatoms. The Balaban J connectivity index is 1.40. The van der Waals surface area contributed by atoms with E-state index in [0.717, 1.165) is 11.6 Å². The zero-order chi connectivity index (χ0) is 19.9. The fourth-order valence-electron chi connectivity index (χ4n) is 2.77. The maximum atomic E-state index is 10.1. The smallest absolute Gasteiger partial charge is 0.119 e. The van der Waals surface area contributed by atoms with Crippen LogP contribution in [0.1, 0.15) is 11.6 Å². The lowest BCUT2D eigenvalue weighted by molar-refractivity contribution is 0.0901. The van der Waals surface area contributed by atoms with E-state index in [4.69, 9.17) is 9.47 Å². The van der Waals surface area contributed by atoms with Crippen LogP contribution < -0.4 is 9.47 Å². The maximum absolute atomic E-state index is 10.1. The van der Waals surface area contributed by atoms with Gasteiger partial charge in [-0.15, -0.1) is 0 Å². The number of hydrogen-bond donors (Lipinski definition) is 2. The molecule has 8 nitrogen and oxygen atoms in total. The average molecular weight is 386 g/mol. The van der Waals surface area contributed by atoms with Crippen molar-refractivity contribution < 1.29 is 19.7 Å². The van der Waals surface area contributed by atoms with E-state index in [1.165, 1.54) is 0 Å². The van der Waals surface area contributed by atoms with E-state index in [1.54, 1.807) is 36.7 Å². The molecule has 2 aromatic heterocycles. The first-order valence-corrected chi connectivity index (χ1v) is 9.18. The zero-order valence-electron chi connectivity index (χ0n) is 16.1. The van der Waals surface area contributed by atoms with E-state index >= 15 is 0 Å². The first-order chi connectivity index (χ1) is 13.5. The number of imidazole rings is 2. The summed E-state index contributed by atoms with van der Waals surface area (Å²) in [4.78, 5) is 8.25. The Morgan fingerprint density at radius 3 is 1.50 bits per heavy atom. The van der Waals surface area contributed by atoms with Crippen molar-refractivity contribution in [3.63, 3.8) is 0 Å². The van der Waals surface area contributed by atoms with Crippen molar-refractivity contribution in [2.24, 2.45) is 0 Å². The molecule has 0 bridgehead atoms. The van der Waals surface area contributed by atoms with Crippen LogP contribution in [0.15, 0.2) is 49.1 Å². The van der Waals surface area contributed by atoms with Crippen molar-refractivity contribution >= 4 is 0 Å². The van der Waals surface area contributed by atoms with Crippen LogP contribution in [-0.2, 0) is 13.1 Å². The molecule has 3 rings (SSSR count). The number of nitrogens with zero attached hydrogens (tertiary/aromatic N) is 4. The summed E-state index contributed by atoms with van der Waals surface area (Å²) in [6, 6.07) is 7.10. The van der Waals surface area contributed by atoms with Crippen molar-refractivity contribution in [3.8, 4) is 11.5 Å². The Morgan fingerprint density at radius 1 is 0.786 bits per heavy atom. The number of hydrogen-bond acceptors (Lipinski definition) is 6. The topological polar surface area (TPSA) is 94.6 Å². The van der Waals surface area contributed by atoms with Crippen molar-refractivity contribution in [3.05, 3.63) is 60.7 Å². The fraction of sp³-hybridized carbons (Fsp3) is 0.400. The minimum Gasteiger partial charge on any atom is -0.491 e. The second-order valence-electron chi connectivity index (χ2n) is 6.65. The van der Waals surface area contributed by atoms with E-state index in [1.807, 2.05) is 35.4 Å². The molecule has 0 amide bonds. The van der Waals surface area contributed by atoms with E-state index in [0.29, 0.717) is 24.6 Å². The van der Waals surface area contributed by atoms with Gasteiger partial charge in [0.05, 0.1) is 13.1 Å². The van der Waals surface area contributed by atoms with Crippen LogP contribution in [0.2, 0.25) is 0 Å². The molecule has 2 heterocycles. The molecular weight excluding hydrogens is 360 g/mol. The summed E-state index contributed by atoms with van der Waals surface area (Å²) in [6.07, 6.45) is 5.79. The van der Waals surface area contributed by atoms with Gasteiger partial charge in [-0.05, 0) is 38.1 Å². The highest BCUT2D eigenvalue weighted by Gasteiger charge is 2.10. The Labute approximate surface area is 164 Å². The van der Waals surface area contributed by atoms with Crippen molar-refractivity contribution in [2.75, 3.05) is 13.2 Å². The molecule has 28 heavy (non-hydrogen) atoms. The van der Waals surface area contributed by atoms with Gasteiger partial charge in [0.15, 0.2) is 0 Å². The zero-order valence-corrected chi connectivity index (χ0v) is 16.1. The van der Waals surface area contributed by atoms with Gasteiger partial charge < -0.3 is 28.8 Å². The molecule has 0 aliphatic heterocycles. The molecule has 0 fully saturated rings. The SMILES string of the molecule is Cc1nccn1CC(O)COc1ccc(OCC(O)Cn2ccnc2C)cc1. The summed E-state index contributed by atoms with van der Waals surface area (Å²) in [5, 5.41) is 20.2. The third-order valence-corrected chi connectivity index (χ3v) is 4.37. The van der Waals surface area contributed by atoms with Gasteiger partial charge in [-0.25, -0.2) is 9.97 Å². The lowest BCUT2D eigenvalue weighted by atomic mass is 10.3. The predicted octanol–water partition coefficient (Wildman–Crippen LogP) is 1.58. The number of aromatic nitrogens is 4. The van der Waals surface area contributed by atoms with E-state index in [-0.39, 0.29) is 13.2 Å². The highest BCUT2D eigenvalue weighted by atomic mass is 16.5. The standard InChI is InChI=1S/C20H26N4O4/c1-15-21-7-9-23(15)11-17(25)13-27-19-3-5-20(6-4-19)28-14-18(26)12-24-10-8-22-16(24)2/h3-10,17-18,25-26H,11-14H2,1-2H3. The van der Waals surface area contributed by atoms with Gasteiger partial charge in [-0.3, -0.25) is 0 Å². The number of benzene rings is 1. The Bertz CT molecular complexity index is 788. The second kappa shape index (κ2) is 9.38. The minimum absolute atomic E-state index is 0.181. The molecule has 2 N–H and O–H groups in total. The molecule has 2 unspecified atom stereocenters. The lowest BCUT2D eigenvalue weighted by Crippen LogP contribution is -2.24. The number of aliphatic hydroxyl groups excluding tert-OH is 2. The van der Waals surface area contributed by atoms with Gasteiger partial charge >= 0.3 is 0 Å². The van der Waals surface area contributed by atoms with Crippen LogP contribution in [0.5, 0.6) is 11.5 Å². The maximum Gasteiger partial charge on any atom is 0.119 e. The Hall–Kier alpha value is -2.84. The number of ether oxygens (including phenoxy) is 2. The van der Waals surface area contributed by atoms with E-state index in [9.17, 15) is 10.2 Å². The number of rotatable bonds is 10. The molecule has 0 radical (unpaired) electrons. The van der Waals surface area contributed by atoms with Gasteiger partial charge in [0.2, 0.25) is 0 Å².